The van der Waals surface area contributed by atoms with Gasteiger partial charge in [-0.3, -0.25) is 14.5 Å². The molecule has 162 valence electrons. The molecule has 0 saturated carbocycles. The van der Waals surface area contributed by atoms with E-state index in [9.17, 15) is 9.59 Å². The number of rotatable bonds is 7. The van der Waals surface area contributed by atoms with Crippen LogP contribution >= 0.6 is 11.5 Å². The molecule has 0 aromatic carbocycles. The second kappa shape index (κ2) is 9.36. The molecule has 4 heterocycles. The first-order valence-corrected chi connectivity index (χ1v) is 11.1. The molecule has 4 rings (SSSR count). The number of nitrogens with zero attached hydrogens (tertiary/aromatic N) is 6. The molecule has 3 aromatic heterocycles. The van der Waals surface area contributed by atoms with Crippen molar-refractivity contribution in [3.05, 3.63) is 48.0 Å². The van der Waals surface area contributed by atoms with Crippen molar-refractivity contribution in [1.82, 2.24) is 24.0 Å². The van der Waals surface area contributed by atoms with E-state index in [1.165, 1.54) is 11.5 Å². The molecule has 1 saturated heterocycles. The van der Waals surface area contributed by atoms with Crippen molar-refractivity contribution in [2.24, 2.45) is 0 Å². The Balaban J connectivity index is 1.31. The van der Waals surface area contributed by atoms with Crippen LogP contribution in [0, 0.1) is 6.92 Å². The zero-order valence-electron chi connectivity index (χ0n) is 17.6. The standard InChI is InChI=1S/C21H25N7O2S/c1-3-18(29)21(30)24-20-13-16(25-31-20)14-26-9-11-27(12-10-26)17-5-6-19(23-15(17)2)28-8-4-7-22-28/h4-8,13H,3,9-12,14H2,1-2H3,(H,24,30). The van der Waals surface area contributed by atoms with E-state index >= 15 is 0 Å². The van der Waals surface area contributed by atoms with Crippen LogP contribution in [-0.2, 0) is 16.1 Å². The molecule has 1 amide bonds. The molecular weight excluding hydrogens is 414 g/mol. The highest BCUT2D eigenvalue weighted by Gasteiger charge is 2.20. The second-order valence-corrected chi connectivity index (χ2v) is 8.21. The van der Waals surface area contributed by atoms with Gasteiger partial charge in [-0.05, 0) is 42.7 Å². The molecule has 1 N–H and O–H groups in total. The lowest BCUT2D eigenvalue weighted by Gasteiger charge is -2.36. The third-order valence-electron chi connectivity index (χ3n) is 5.25. The molecule has 0 atom stereocenters. The van der Waals surface area contributed by atoms with Crippen molar-refractivity contribution < 1.29 is 9.59 Å². The van der Waals surface area contributed by atoms with Gasteiger partial charge in [0.05, 0.1) is 17.1 Å². The third-order valence-corrected chi connectivity index (χ3v) is 5.99. The van der Waals surface area contributed by atoms with Crippen LogP contribution in [0.4, 0.5) is 10.7 Å². The molecule has 3 aromatic rings. The van der Waals surface area contributed by atoms with Gasteiger partial charge in [0.2, 0.25) is 5.78 Å². The summed E-state index contributed by atoms with van der Waals surface area (Å²) in [7, 11) is 0. The number of hydrogen-bond acceptors (Lipinski definition) is 8. The molecular formula is C21H25N7O2S. The zero-order valence-corrected chi connectivity index (χ0v) is 18.4. The van der Waals surface area contributed by atoms with Gasteiger partial charge in [0, 0.05) is 51.5 Å². The van der Waals surface area contributed by atoms with Crippen LogP contribution in [0.3, 0.4) is 0 Å². The Bertz CT molecular complexity index is 1060. The van der Waals surface area contributed by atoms with Gasteiger partial charge in [-0.25, -0.2) is 9.67 Å². The van der Waals surface area contributed by atoms with Crippen molar-refractivity contribution in [2.45, 2.75) is 26.8 Å². The van der Waals surface area contributed by atoms with Crippen LogP contribution in [-0.4, -0.2) is 61.9 Å². The van der Waals surface area contributed by atoms with Gasteiger partial charge in [0.25, 0.3) is 5.91 Å². The minimum atomic E-state index is -0.575. The molecule has 1 aliphatic rings. The molecule has 0 unspecified atom stereocenters. The number of carbonyl (C=O) groups excluding carboxylic acids is 2. The maximum Gasteiger partial charge on any atom is 0.292 e. The molecule has 31 heavy (non-hydrogen) atoms. The Labute approximate surface area is 184 Å². The predicted octanol–water partition coefficient (Wildman–Crippen LogP) is 2.27. The van der Waals surface area contributed by atoms with Gasteiger partial charge < -0.3 is 10.2 Å². The molecule has 1 aliphatic heterocycles. The van der Waals surface area contributed by atoms with Crippen LogP contribution in [0.5, 0.6) is 0 Å². The number of ketones is 1. The molecule has 0 radical (unpaired) electrons. The van der Waals surface area contributed by atoms with E-state index in [2.05, 4.69) is 30.7 Å². The lowest BCUT2D eigenvalue weighted by Crippen LogP contribution is -2.46. The molecule has 0 aliphatic carbocycles. The number of hydrogen-bond donors (Lipinski definition) is 1. The van der Waals surface area contributed by atoms with Crippen molar-refractivity contribution >= 4 is 33.9 Å². The SMILES string of the molecule is CCC(=O)C(=O)Nc1cc(CN2CCN(c3ccc(-n4cccn4)nc3C)CC2)ns1. The fourth-order valence-corrected chi connectivity index (χ4v) is 4.22. The maximum absolute atomic E-state index is 11.7. The second-order valence-electron chi connectivity index (χ2n) is 7.40. The Hall–Kier alpha value is -3.11. The van der Waals surface area contributed by atoms with Gasteiger partial charge in [0.15, 0.2) is 5.82 Å². The monoisotopic (exact) mass is 439 g/mol. The Kier molecular flexibility index (Phi) is 6.38. The lowest BCUT2D eigenvalue weighted by atomic mass is 10.2. The maximum atomic E-state index is 11.7. The Morgan fingerprint density at radius 3 is 2.68 bits per heavy atom. The number of aromatic nitrogens is 4. The summed E-state index contributed by atoms with van der Waals surface area (Å²) >= 11 is 1.21. The average Bonchev–Trinajstić information content (AvgIpc) is 3.46. The number of pyridine rings is 1. The van der Waals surface area contributed by atoms with Gasteiger partial charge in [-0.1, -0.05) is 6.92 Å². The third kappa shape index (κ3) is 4.97. The van der Waals surface area contributed by atoms with Crippen LogP contribution < -0.4 is 10.2 Å². The fourth-order valence-electron chi connectivity index (χ4n) is 3.57. The van der Waals surface area contributed by atoms with Crippen molar-refractivity contribution in [3.63, 3.8) is 0 Å². The van der Waals surface area contributed by atoms with Gasteiger partial charge in [0.1, 0.15) is 5.00 Å². The number of nitrogens with one attached hydrogen (secondary N) is 1. The van der Waals surface area contributed by atoms with E-state index in [4.69, 9.17) is 4.98 Å². The zero-order chi connectivity index (χ0) is 21.8. The first-order chi connectivity index (χ1) is 15.0. The van der Waals surface area contributed by atoms with Gasteiger partial charge >= 0.3 is 0 Å². The van der Waals surface area contributed by atoms with Crippen molar-refractivity contribution in [3.8, 4) is 5.82 Å². The van der Waals surface area contributed by atoms with Gasteiger partial charge in [-0.15, -0.1) is 0 Å². The predicted molar refractivity (Wildman–Crippen MR) is 120 cm³/mol. The van der Waals surface area contributed by atoms with Crippen molar-refractivity contribution in [1.29, 1.82) is 0 Å². The van der Waals surface area contributed by atoms with Crippen molar-refractivity contribution in [2.75, 3.05) is 36.4 Å². The molecule has 0 bridgehead atoms. The number of Topliss-reactive ketones (excluding diaryl/α,β-unsaturated/α-hetero) is 1. The number of aryl methyl sites for hydroxylation is 1. The smallest absolute Gasteiger partial charge is 0.292 e. The van der Waals surface area contributed by atoms with E-state index in [0.29, 0.717) is 5.00 Å². The van der Waals surface area contributed by atoms with E-state index in [1.54, 1.807) is 17.8 Å². The lowest BCUT2D eigenvalue weighted by molar-refractivity contribution is -0.134. The number of carbonyl (C=O) groups is 2. The summed E-state index contributed by atoms with van der Waals surface area (Å²) in [6.07, 6.45) is 3.83. The van der Waals surface area contributed by atoms with E-state index < -0.39 is 11.7 Å². The molecule has 0 spiro atoms. The highest BCUT2D eigenvalue weighted by molar-refractivity contribution is 7.10. The highest BCUT2D eigenvalue weighted by atomic mass is 32.1. The first-order valence-electron chi connectivity index (χ1n) is 10.3. The number of piperazine rings is 1. The first kappa shape index (κ1) is 21.1. The minimum absolute atomic E-state index is 0.197. The van der Waals surface area contributed by atoms with Crippen LogP contribution in [0.1, 0.15) is 24.7 Å². The summed E-state index contributed by atoms with van der Waals surface area (Å²) in [5.74, 6) is -0.181. The summed E-state index contributed by atoms with van der Waals surface area (Å²) in [5, 5.41) is 7.48. The number of anilines is 2. The fraction of sp³-hybridized carbons (Fsp3) is 0.381. The van der Waals surface area contributed by atoms with E-state index in [1.807, 2.05) is 31.3 Å². The quantitative estimate of drug-likeness (QED) is 0.564. The summed E-state index contributed by atoms with van der Waals surface area (Å²) in [6, 6.07) is 7.84. The normalized spacial score (nSPS) is 14.6. The molecule has 10 heteroatoms. The molecule has 1 fully saturated rings. The van der Waals surface area contributed by atoms with Crippen LogP contribution in [0.15, 0.2) is 36.7 Å². The van der Waals surface area contributed by atoms with Crippen LogP contribution in [0.2, 0.25) is 0 Å². The summed E-state index contributed by atoms with van der Waals surface area (Å²) in [4.78, 5) is 32.6. The Morgan fingerprint density at radius 1 is 1.19 bits per heavy atom. The molecule has 9 nitrogen and oxygen atoms in total. The minimum Gasteiger partial charge on any atom is -0.368 e. The summed E-state index contributed by atoms with van der Waals surface area (Å²) in [6.45, 7) is 8.05. The number of amides is 1. The van der Waals surface area contributed by atoms with Crippen LogP contribution in [0.25, 0.3) is 5.82 Å². The van der Waals surface area contributed by atoms with E-state index in [0.717, 1.165) is 55.6 Å². The Morgan fingerprint density at radius 2 is 2.00 bits per heavy atom. The largest absolute Gasteiger partial charge is 0.368 e. The summed E-state index contributed by atoms with van der Waals surface area (Å²) < 4.78 is 6.18. The van der Waals surface area contributed by atoms with E-state index in [-0.39, 0.29) is 6.42 Å². The van der Waals surface area contributed by atoms with Gasteiger partial charge in [-0.2, -0.15) is 9.47 Å². The topological polar surface area (TPSA) is 96.2 Å². The summed E-state index contributed by atoms with van der Waals surface area (Å²) in [5.41, 5.74) is 3.04. The highest BCUT2D eigenvalue weighted by Crippen LogP contribution is 2.23. The average molecular weight is 440 g/mol.